The second-order valence-electron chi connectivity index (χ2n) is 6.80. The van der Waals surface area contributed by atoms with Gasteiger partial charge in [0.05, 0.1) is 7.11 Å². The lowest BCUT2D eigenvalue weighted by Gasteiger charge is -2.22. The Kier molecular flexibility index (Phi) is 4.64. The zero-order valence-corrected chi connectivity index (χ0v) is 14.7. The number of para-hydroxylation sites is 1. The Morgan fingerprint density at radius 1 is 1.16 bits per heavy atom. The fourth-order valence-corrected chi connectivity index (χ4v) is 3.06. The van der Waals surface area contributed by atoms with Crippen molar-refractivity contribution in [2.75, 3.05) is 7.11 Å². The van der Waals surface area contributed by atoms with E-state index in [0.717, 1.165) is 27.8 Å². The third-order valence-electron chi connectivity index (χ3n) is 4.59. The number of carbonyl (C=O) groups excluding carboxylic acids is 1. The molecule has 1 heterocycles. The van der Waals surface area contributed by atoms with Crippen LogP contribution in [-0.4, -0.2) is 28.6 Å². The van der Waals surface area contributed by atoms with Crippen molar-refractivity contribution >= 4 is 16.7 Å². The predicted octanol–water partition coefficient (Wildman–Crippen LogP) is 4.04. The van der Waals surface area contributed by atoms with Gasteiger partial charge >= 0.3 is 0 Å². The molecule has 0 fully saturated rings. The molecule has 1 atom stereocenters. The summed E-state index contributed by atoms with van der Waals surface area (Å²) in [5.74, 6) is 0.454. The van der Waals surface area contributed by atoms with Crippen LogP contribution in [-0.2, 0) is 4.79 Å². The fourth-order valence-electron chi connectivity index (χ4n) is 3.06. The molecule has 4 heteroatoms. The molecule has 0 amide bonds. The van der Waals surface area contributed by atoms with E-state index >= 15 is 0 Å². The molecule has 0 aliphatic heterocycles. The van der Waals surface area contributed by atoms with Crippen LogP contribution >= 0.6 is 0 Å². The summed E-state index contributed by atoms with van der Waals surface area (Å²) < 4.78 is 5.23. The zero-order valence-electron chi connectivity index (χ0n) is 14.7. The van der Waals surface area contributed by atoms with Crippen molar-refractivity contribution < 1.29 is 14.6 Å². The van der Waals surface area contributed by atoms with Gasteiger partial charge in [-0.25, -0.2) is 0 Å². The molecule has 4 nitrogen and oxygen atoms in total. The number of carbonyl (C=O) groups is 1. The number of H-pyrrole nitrogens is 1. The Hall–Kier alpha value is -2.59. The zero-order chi connectivity index (χ0) is 18.0. The molecule has 2 N–H and O–H groups in total. The van der Waals surface area contributed by atoms with Crippen LogP contribution in [0.4, 0.5) is 0 Å². The summed E-state index contributed by atoms with van der Waals surface area (Å²) in [4.78, 5) is 15.8. The third-order valence-corrected chi connectivity index (χ3v) is 4.59. The number of fused-ring (bicyclic) bond motifs is 1. The third kappa shape index (κ3) is 3.59. The van der Waals surface area contributed by atoms with Gasteiger partial charge in [-0.05, 0) is 43.2 Å². The lowest BCUT2D eigenvalue weighted by molar-refractivity contribution is -0.134. The Morgan fingerprint density at radius 3 is 2.48 bits per heavy atom. The average molecular weight is 337 g/mol. The molecule has 3 aromatic rings. The number of benzene rings is 2. The van der Waals surface area contributed by atoms with Gasteiger partial charge in [0, 0.05) is 29.4 Å². The minimum absolute atomic E-state index is 0.138. The number of methoxy groups -OCH3 is 1. The van der Waals surface area contributed by atoms with E-state index in [1.165, 1.54) is 13.8 Å². The van der Waals surface area contributed by atoms with Gasteiger partial charge in [0.15, 0.2) is 5.78 Å². The molecule has 2 aromatic carbocycles. The largest absolute Gasteiger partial charge is 0.497 e. The van der Waals surface area contributed by atoms with Gasteiger partial charge < -0.3 is 14.8 Å². The summed E-state index contributed by atoms with van der Waals surface area (Å²) in [5.41, 5.74) is 1.75. The van der Waals surface area contributed by atoms with Gasteiger partial charge in [-0.2, -0.15) is 0 Å². The van der Waals surface area contributed by atoms with Gasteiger partial charge in [-0.1, -0.05) is 30.3 Å². The van der Waals surface area contributed by atoms with E-state index in [0.29, 0.717) is 0 Å². The normalized spacial score (nSPS) is 13.0. The number of nitrogens with one attached hydrogen (secondary N) is 1. The van der Waals surface area contributed by atoms with Crippen LogP contribution in [0.2, 0.25) is 0 Å². The number of aromatic nitrogens is 1. The maximum absolute atomic E-state index is 12.5. The van der Waals surface area contributed by atoms with Crippen LogP contribution in [0, 0.1) is 0 Å². The standard InChI is InChI=1S/C21H23NO3/c1-21(2,24)20(23)12-17(14-8-10-15(25-3)11-9-14)18-13-22-19-7-5-4-6-16(18)19/h4-11,13,17,22,24H,12H2,1-3H3. The van der Waals surface area contributed by atoms with E-state index < -0.39 is 5.60 Å². The summed E-state index contributed by atoms with van der Waals surface area (Å²) in [7, 11) is 1.63. The predicted molar refractivity (Wildman–Crippen MR) is 99.1 cm³/mol. The van der Waals surface area contributed by atoms with Gasteiger partial charge in [-0.3, -0.25) is 4.79 Å². The highest BCUT2D eigenvalue weighted by Crippen LogP contribution is 2.35. The van der Waals surface area contributed by atoms with E-state index in [4.69, 9.17) is 4.74 Å². The molecule has 3 rings (SSSR count). The maximum atomic E-state index is 12.5. The molecule has 0 saturated carbocycles. The first-order chi connectivity index (χ1) is 11.9. The summed E-state index contributed by atoms with van der Waals surface area (Å²) >= 11 is 0. The molecule has 0 radical (unpaired) electrons. The summed E-state index contributed by atoms with van der Waals surface area (Å²) in [6, 6.07) is 15.8. The van der Waals surface area contributed by atoms with Crippen molar-refractivity contribution in [3.8, 4) is 5.75 Å². The van der Waals surface area contributed by atoms with E-state index in [1.807, 2.05) is 54.7 Å². The fraction of sp³-hybridized carbons (Fsp3) is 0.286. The molecule has 0 aliphatic carbocycles. The number of hydrogen-bond donors (Lipinski definition) is 2. The molecule has 0 saturated heterocycles. The SMILES string of the molecule is COc1ccc(C(CC(=O)C(C)(C)O)c2c[nH]c3ccccc23)cc1. The lowest BCUT2D eigenvalue weighted by Crippen LogP contribution is -2.32. The minimum atomic E-state index is -1.35. The molecule has 1 aromatic heterocycles. The molecular formula is C21H23NO3. The number of ketones is 1. The van der Waals surface area contributed by atoms with E-state index in [1.54, 1.807) is 7.11 Å². The highest BCUT2D eigenvalue weighted by Gasteiger charge is 2.29. The van der Waals surface area contributed by atoms with Crippen molar-refractivity contribution in [3.63, 3.8) is 0 Å². The van der Waals surface area contributed by atoms with E-state index in [9.17, 15) is 9.90 Å². The molecule has 25 heavy (non-hydrogen) atoms. The van der Waals surface area contributed by atoms with Crippen molar-refractivity contribution in [3.05, 3.63) is 65.9 Å². The van der Waals surface area contributed by atoms with Crippen molar-refractivity contribution in [2.45, 2.75) is 31.8 Å². The van der Waals surface area contributed by atoms with Crippen LogP contribution in [0.1, 0.15) is 37.3 Å². The molecule has 130 valence electrons. The first-order valence-electron chi connectivity index (χ1n) is 8.36. The van der Waals surface area contributed by atoms with Crippen LogP contribution in [0.3, 0.4) is 0 Å². The van der Waals surface area contributed by atoms with Crippen molar-refractivity contribution in [1.82, 2.24) is 4.98 Å². The van der Waals surface area contributed by atoms with Gasteiger partial charge in [0.2, 0.25) is 0 Å². The Bertz CT molecular complexity index is 872. The highest BCUT2D eigenvalue weighted by molar-refractivity contribution is 5.89. The van der Waals surface area contributed by atoms with E-state index in [-0.39, 0.29) is 18.1 Å². The average Bonchev–Trinajstić information content (AvgIpc) is 3.02. The molecule has 0 spiro atoms. The first kappa shape index (κ1) is 17.2. The van der Waals surface area contributed by atoms with Crippen LogP contribution in [0.5, 0.6) is 5.75 Å². The van der Waals surface area contributed by atoms with Gasteiger partial charge in [0.25, 0.3) is 0 Å². The Balaban J connectivity index is 2.06. The van der Waals surface area contributed by atoms with Crippen LogP contribution in [0.15, 0.2) is 54.7 Å². The smallest absolute Gasteiger partial charge is 0.164 e. The Labute approximate surface area is 147 Å². The Morgan fingerprint density at radius 2 is 1.84 bits per heavy atom. The van der Waals surface area contributed by atoms with Gasteiger partial charge in [-0.15, -0.1) is 0 Å². The van der Waals surface area contributed by atoms with Gasteiger partial charge in [0.1, 0.15) is 11.4 Å². The number of aromatic amines is 1. The van der Waals surface area contributed by atoms with Crippen molar-refractivity contribution in [1.29, 1.82) is 0 Å². The highest BCUT2D eigenvalue weighted by atomic mass is 16.5. The van der Waals surface area contributed by atoms with E-state index in [2.05, 4.69) is 4.98 Å². The van der Waals surface area contributed by atoms with Crippen LogP contribution < -0.4 is 4.74 Å². The number of aliphatic hydroxyl groups is 1. The maximum Gasteiger partial charge on any atom is 0.164 e. The molecular weight excluding hydrogens is 314 g/mol. The summed E-state index contributed by atoms with van der Waals surface area (Å²) in [6.07, 6.45) is 2.19. The molecule has 1 unspecified atom stereocenters. The summed E-state index contributed by atoms with van der Waals surface area (Å²) in [6.45, 7) is 3.07. The van der Waals surface area contributed by atoms with Crippen molar-refractivity contribution in [2.24, 2.45) is 0 Å². The monoisotopic (exact) mass is 337 g/mol. The number of Topliss-reactive ketones (excluding diaryl/α,β-unsaturated/α-hetero) is 1. The number of hydrogen-bond acceptors (Lipinski definition) is 3. The molecule has 0 bridgehead atoms. The number of rotatable bonds is 6. The summed E-state index contributed by atoms with van der Waals surface area (Å²) in [5, 5.41) is 11.2. The van der Waals surface area contributed by atoms with Crippen LogP contribution in [0.25, 0.3) is 10.9 Å². The topological polar surface area (TPSA) is 62.3 Å². The second kappa shape index (κ2) is 6.73. The first-order valence-corrected chi connectivity index (χ1v) is 8.36. The second-order valence-corrected chi connectivity index (χ2v) is 6.80. The quantitative estimate of drug-likeness (QED) is 0.713. The lowest BCUT2D eigenvalue weighted by atomic mass is 9.84. The minimum Gasteiger partial charge on any atom is -0.497 e. The molecule has 0 aliphatic rings. The number of ether oxygens (including phenoxy) is 1.